The van der Waals surface area contributed by atoms with E-state index in [1.165, 1.54) is 12.1 Å². The number of nitrogens with zero attached hydrogens (tertiary/aromatic N) is 1. The van der Waals surface area contributed by atoms with Crippen molar-refractivity contribution in [3.63, 3.8) is 0 Å². The molecule has 0 fully saturated rings. The Morgan fingerprint density at radius 1 is 1.08 bits per heavy atom. The van der Waals surface area contributed by atoms with Crippen LogP contribution in [-0.4, -0.2) is 10.9 Å². The van der Waals surface area contributed by atoms with E-state index in [-0.39, 0.29) is 11.8 Å². The predicted molar refractivity (Wildman–Crippen MR) is 102 cm³/mol. The van der Waals surface area contributed by atoms with E-state index in [4.69, 9.17) is 4.42 Å². The lowest BCUT2D eigenvalue weighted by molar-refractivity contribution is 0.201. The van der Waals surface area contributed by atoms with Gasteiger partial charge in [0, 0.05) is 11.0 Å². The van der Waals surface area contributed by atoms with Crippen molar-refractivity contribution in [1.82, 2.24) is 4.90 Å². The largest absolute Gasteiger partial charge is 0.464 e. The molecule has 3 aromatic rings. The third-order valence-electron chi connectivity index (χ3n) is 3.83. The maximum absolute atomic E-state index is 13.2. The monoisotopic (exact) mass is 416 g/mol. The molecule has 0 spiro atoms. The van der Waals surface area contributed by atoms with E-state index in [1.807, 2.05) is 43.3 Å². The molecule has 134 valence electrons. The van der Waals surface area contributed by atoms with Gasteiger partial charge >= 0.3 is 6.03 Å². The van der Waals surface area contributed by atoms with Gasteiger partial charge in [-0.2, -0.15) is 0 Å². The number of hydrogen-bond acceptors (Lipinski definition) is 2. The maximum atomic E-state index is 13.2. The lowest BCUT2D eigenvalue weighted by Gasteiger charge is -2.23. The highest BCUT2D eigenvalue weighted by Gasteiger charge is 2.17. The van der Waals surface area contributed by atoms with Gasteiger partial charge < -0.3 is 14.6 Å². The third-order valence-corrected chi connectivity index (χ3v) is 4.52. The number of amides is 2. The van der Waals surface area contributed by atoms with Crippen LogP contribution in [0, 0.1) is 12.7 Å². The molecule has 1 heterocycles. The second-order valence-corrected chi connectivity index (χ2v) is 6.76. The van der Waals surface area contributed by atoms with Crippen LogP contribution in [0.1, 0.15) is 17.1 Å². The fourth-order valence-electron chi connectivity index (χ4n) is 2.52. The summed E-state index contributed by atoms with van der Waals surface area (Å²) in [7, 11) is 0. The van der Waals surface area contributed by atoms with Crippen LogP contribution in [0.2, 0.25) is 0 Å². The van der Waals surface area contributed by atoms with Gasteiger partial charge in [0.25, 0.3) is 0 Å². The molecule has 26 heavy (non-hydrogen) atoms. The van der Waals surface area contributed by atoms with Crippen LogP contribution < -0.4 is 5.32 Å². The van der Waals surface area contributed by atoms with Gasteiger partial charge in [-0.25, -0.2) is 9.18 Å². The van der Waals surface area contributed by atoms with Gasteiger partial charge in [-0.3, -0.25) is 0 Å². The molecule has 3 rings (SSSR count). The van der Waals surface area contributed by atoms with Crippen LogP contribution in [0.4, 0.5) is 14.9 Å². The summed E-state index contributed by atoms with van der Waals surface area (Å²) in [5.41, 5.74) is 1.51. The molecule has 4 nitrogen and oxygen atoms in total. The molecule has 0 bridgehead atoms. The van der Waals surface area contributed by atoms with Crippen LogP contribution in [0.15, 0.2) is 69.6 Å². The highest BCUT2D eigenvalue weighted by Crippen LogP contribution is 2.22. The Morgan fingerprint density at radius 3 is 2.46 bits per heavy atom. The Morgan fingerprint density at radius 2 is 1.81 bits per heavy atom. The zero-order valence-corrected chi connectivity index (χ0v) is 15.8. The maximum Gasteiger partial charge on any atom is 0.322 e. The second-order valence-electron chi connectivity index (χ2n) is 5.90. The van der Waals surface area contributed by atoms with Crippen LogP contribution >= 0.6 is 15.9 Å². The first-order valence-corrected chi connectivity index (χ1v) is 8.91. The lowest BCUT2D eigenvalue weighted by Crippen LogP contribution is -2.34. The zero-order valence-electron chi connectivity index (χ0n) is 14.2. The van der Waals surface area contributed by atoms with Crippen LogP contribution in [0.3, 0.4) is 0 Å². The number of hydrogen-bond donors (Lipinski definition) is 1. The van der Waals surface area contributed by atoms with Gasteiger partial charge in [-0.1, -0.05) is 24.3 Å². The number of carbonyl (C=O) groups excluding carboxylic acids is 1. The first-order valence-electron chi connectivity index (χ1n) is 8.11. The van der Waals surface area contributed by atoms with Crippen molar-refractivity contribution in [2.45, 2.75) is 20.0 Å². The van der Waals surface area contributed by atoms with Crippen molar-refractivity contribution in [2.24, 2.45) is 0 Å². The van der Waals surface area contributed by atoms with Gasteiger partial charge in [0.15, 0.2) is 0 Å². The molecule has 0 saturated carbocycles. The van der Waals surface area contributed by atoms with E-state index >= 15 is 0 Å². The molecule has 0 saturated heterocycles. The Labute approximate surface area is 159 Å². The summed E-state index contributed by atoms with van der Waals surface area (Å²) >= 11 is 3.43. The number of aryl methyl sites for hydroxylation is 1. The first-order chi connectivity index (χ1) is 12.5. The summed E-state index contributed by atoms with van der Waals surface area (Å²) < 4.78 is 19.6. The van der Waals surface area contributed by atoms with Crippen molar-refractivity contribution in [3.8, 4) is 0 Å². The van der Waals surface area contributed by atoms with Crippen LogP contribution in [-0.2, 0) is 13.1 Å². The fraction of sp³-hybridized carbons (Fsp3) is 0.150. The molecule has 6 heteroatoms. The van der Waals surface area contributed by atoms with Gasteiger partial charge in [0.1, 0.15) is 17.3 Å². The molecule has 1 N–H and O–H groups in total. The average Bonchev–Trinajstić information content (AvgIpc) is 3.03. The molecule has 2 amide bonds. The molecular weight excluding hydrogens is 399 g/mol. The highest BCUT2D eigenvalue weighted by atomic mass is 79.9. The summed E-state index contributed by atoms with van der Waals surface area (Å²) in [6.45, 7) is 2.49. The van der Waals surface area contributed by atoms with Gasteiger partial charge in [0.2, 0.25) is 0 Å². The number of halogens is 2. The van der Waals surface area contributed by atoms with E-state index in [1.54, 1.807) is 17.0 Å². The number of urea groups is 1. The Bertz CT molecular complexity index is 893. The number of para-hydroxylation sites is 1. The van der Waals surface area contributed by atoms with Crippen molar-refractivity contribution in [2.75, 3.05) is 5.32 Å². The number of nitrogens with one attached hydrogen (secondary N) is 1. The average molecular weight is 417 g/mol. The minimum atomic E-state index is -0.306. The third kappa shape index (κ3) is 4.73. The SMILES string of the molecule is Cc1ccc(CN(Cc2ccc(F)cc2)C(=O)Nc2ccccc2Br)o1. The molecule has 0 unspecified atom stereocenters. The Kier molecular flexibility index (Phi) is 5.73. The standard InChI is InChI=1S/C20H18BrFN2O2/c1-14-6-11-17(26-14)13-24(12-15-7-9-16(22)10-8-15)20(25)23-19-5-3-2-4-18(19)21/h2-11H,12-13H2,1H3,(H,23,25). The molecule has 0 atom stereocenters. The molecule has 2 aromatic carbocycles. The normalized spacial score (nSPS) is 10.6. The molecule has 0 radical (unpaired) electrons. The zero-order chi connectivity index (χ0) is 18.5. The van der Waals surface area contributed by atoms with Crippen LogP contribution in [0.5, 0.6) is 0 Å². The van der Waals surface area contributed by atoms with Crippen LogP contribution in [0.25, 0.3) is 0 Å². The fourth-order valence-corrected chi connectivity index (χ4v) is 2.91. The minimum absolute atomic E-state index is 0.268. The molecule has 1 aromatic heterocycles. The molecular formula is C20H18BrFN2O2. The van der Waals surface area contributed by atoms with Crippen molar-refractivity contribution >= 4 is 27.6 Å². The smallest absolute Gasteiger partial charge is 0.322 e. The molecule has 0 aliphatic rings. The van der Waals surface area contributed by atoms with Gasteiger partial charge in [-0.15, -0.1) is 0 Å². The lowest BCUT2D eigenvalue weighted by atomic mass is 10.2. The summed E-state index contributed by atoms with van der Waals surface area (Å²) in [5, 5.41) is 2.89. The summed E-state index contributed by atoms with van der Waals surface area (Å²) in [5.74, 6) is 1.17. The van der Waals surface area contributed by atoms with Crippen molar-refractivity contribution < 1.29 is 13.6 Å². The highest BCUT2D eigenvalue weighted by molar-refractivity contribution is 9.10. The van der Waals surface area contributed by atoms with E-state index in [9.17, 15) is 9.18 Å². The quantitative estimate of drug-likeness (QED) is 0.577. The first kappa shape index (κ1) is 18.2. The number of rotatable bonds is 5. The Balaban J connectivity index is 1.80. The summed E-state index contributed by atoms with van der Waals surface area (Å²) in [4.78, 5) is 14.4. The van der Waals surface area contributed by atoms with E-state index in [0.717, 1.165) is 15.8 Å². The number of benzene rings is 2. The van der Waals surface area contributed by atoms with E-state index in [2.05, 4.69) is 21.2 Å². The number of anilines is 1. The Hall–Kier alpha value is -2.60. The summed E-state index contributed by atoms with van der Waals surface area (Å²) in [6, 6.07) is 16.9. The molecule has 0 aliphatic carbocycles. The summed E-state index contributed by atoms with van der Waals surface area (Å²) in [6.07, 6.45) is 0. The minimum Gasteiger partial charge on any atom is -0.464 e. The van der Waals surface area contributed by atoms with E-state index < -0.39 is 0 Å². The number of furan rings is 1. The van der Waals surface area contributed by atoms with Crippen molar-refractivity contribution in [3.05, 3.63) is 88.0 Å². The van der Waals surface area contributed by atoms with Gasteiger partial charge in [0.05, 0.1) is 12.2 Å². The molecule has 0 aliphatic heterocycles. The van der Waals surface area contributed by atoms with E-state index in [0.29, 0.717) is 24.5 Å². The second kappa shape index (κ2) is 8.19. The topological polar surface area (TPSA) is 45.5 Å². The van der Waals surface area contributed by atoms with Gasteiger partial charge in [-0.05, 0) is 64.8 Å². The number of carbonyl (C=O) groups is 1. The van der Waals surface area contributed by atoms with Crippen molar-refractivity contribution in [1.29, 1.82) is 0 Å². The predicted octanol–water partition coefficient (Wildman–Crippen LogP) is 5.72.